The van der Waals surface area contributed by atoms with Gasteiger partial charge in [0.25, 0.3) is 0 Å². The van der Waals surface area contributed by atoms with E-state index in [-0.39, 0.29) is 0 Å². The lowest BCUT2D eigenvalue weighted by atomic mass is 9.70. The number of hydrogen-bond donors (Lipinski definition) is 1. The van der Waals surface area contributed by atoms with Crippen LogP contribution >= 0.6 is 0 Å². The molecule has 0 spiro atoms. The zero-order valence-corrected chi connectivity index (χ0v) is 19.0. The second-order valence-corrected chi connectivity index (χ2v) is 9.92. The quantitative estimate of drug-likeness (QED) is 0.587. The first-order valence-electron chi connectivity index (χ1n) is 11.5. The van der Waals surface area contributed by atoms with E-state index in [1.807, 2.05) is 19.3 Å². The standard InChI is InChI=1S/C26H33N5/c1-18(22-8-11-31(16-22)17-26(3)9-5-10-26)29-25-13-23-12-20(6-7-21(23)14-28-25)24-15-27-19(2)30(24)4/h6-7,12-15,22H,1,5,8-11,16-17H2,2-4H3,(H,28,29). The van der Waals surface area contributed by atoms with Crippen LogP contribution in [0.5, 0.6) is 0 Å². The van der Waals surface area contributed by atoms with Crippen molar-refractivity contribution < 1.29 is 0 Å². The highest BCUT2D eigenvalue weighted by Gasteiger charge is 2.36. The normalized spacial score (nSPS) is 20.7. The number of anilines is 1. The number of hydrogen-bond acceptors (Lipinski definition) is 4. The molecule has 1 saturated carbocycles. The van der Waals surface area contributed by atoms with Gasteiger partial charge in [-0.3, -0.25) is 0 Å². The highest BCUT2D eigenvalue weighted by Crippen LogP contribution is 2.42. The van der Waals surface area contributed by atoms with Crippen molar-refractivity contribution in [1.29, 1.82) is 0 Å². The molecule has 3 aromatic rings. The number of likely N-dealkylation sites (tertiary alicyclic amines) is 1. The van der Waals surface area contributed by atoms with Crippen molar-refractivity contribution in [2.45, 2.75) is 39.5 Å². The Morgan fingerprint density at radius 2 is 2.03 bits per heavy atom. The van der Waals surface area contributed by atoms with Gasteiger partial charge in [0, 0.05) is 48.9 Å². The molecule has 1 saturated heterocycles. The molecule has 1 aromatic carbocycles. The number of nitrogens with one attached hydrogen (secondary N) is 1. The third kappa shape index (κ3) is 3.99. The summed E-state index contributed by atoms with van der Waals surface area (Å²) in [7, 11) is 2.06. The second kappa shape index (κ2) is 7.79. The first kappa shape index (κ1) is 20.3. The largest absolute Gasteiger partial charge is 0.344 e. The molecule has 162 valence electrons. The van der Waals surface area contributed by atoms with Crippen LogP contribution in [-0.4, -0.2) is 39.1 Å². The lowest BCUT2D eigenvalue weighted by molar-refractivity contribution is 0.0972. The molecule has 2 aromatic heterocycles. The Labute approximate surface area is 185 Å². The molecule has 2 aliphatic rings. The lowest BCUT2D eigenvalue weighted by Gasteiger charge is -2.41. The fraction of sp³-hybridized carbons (Fsp3) is 0.462. The van der Waals surface area contributed by atoms with Gasteiger partial charge in [0.05, 0.1) is 11.9 Å². The van der Waals surface area contributed by atoms with Crippen LogP contribution in [-0.2, 0) is 7.05 Å². The van der Waals surface area contributed by atoms with E-state index in [0.717, 1.165) is 35.0 Å². The topological polar surface area (TPSA) is 46.0 Å². The van der Waals surface area contributed by atoms with Crippen LogP contribution in [0.4, 0.5) is 5.82 Å². The van der Waals surface area contributed by atoms with Gasteiger partial charge in [0.15, 0.2) is 0 Å². The minimum atomic E-state index is 0.491. The maximum atomic E-state index is 4.64. The van der Waals surface area contributed by atoms with Crippen molar-refractivity contribution in [3.8, 4) is 11.3 Å². The maximum Gasteiger partial charge on any atom is 0.130 e. The Hall–Kier alpha value is -2.66. The fourth-order valence-corrected chi connectivity index (χ4v) is 5.14. The van der Waals surface area contributed by atoms with Gasteiger partial charge in [-0.15, -0.1) is 0 Å². The number of fused-ring (bicyclic) bond motifs is 1. The molecule has 31 heavy (non-hydrogen) atoms. The summed E-state index contributed by atoms with van der Waals surface area (Å²) in [5.74, 6) is 2.38. The second-order valence-electron chi connectivity index (χ2n) is 9.92. The Balaban J connectivity index is 1.29. The molecule has 0 amide bonds. The van der Waals surface area contributed by atoms with Crippen molar-refractivity contribution in [2.75, 3.05) is 25.0 Å². The summed E-state index contributed by atoms with van der Waals surface area (Å²) in [6.45, 7) is 12.4. The molecule has 0 bridgehead atoms. The Bertz CT molecular complexity index is 1120. The van der Waals surface area contributed by atoms with E-state index in [1.54, 1.807) is 0 Å². The van der Waals surface area contributed by atoms with Crippen LogP contribution in [0.2, 0.25) is 0 Å². The number of pyridine rings is 1. The molecule has 1 atom stereocenters. The third-order valence-electron chi connectivity index (χ3n) is 7.46. The van der Waals surface area contributed by atoms with Crippen LogP contribution in [0.15, 0.2) is 48.9 Å². The highest BCUT2D eigenvalue weighted by atomic mass is 15.2. The average Bonchev–Trinajstić information content (AvgIpc) is 3.33. The number of rotatable bonds is 6. The van der Waals surface area contributed by atoms with Gasteiger partial charge in [0.1, 0.15) is 11.6 Å². The van der Waals surface area contributed by atoms with Gasteiger partial charge in [-0.25, -0.2) is 9.97 Å². The summed E-state index contributed by atoms with van der Waals surface area (Å²) >= 11 is 0. The number of aryl methyl sites for hydroxylation is 1. The molecule has 0 radical (unpaired) electrons. The number of nitrogens with zero attached hydrogens (tertiary/aromatic N) is 4. The smallest absolute Gasteiger partial charge is 0.130 e. The van der Waals surface area contributed by atoms with E-state index >= 15 is 0 Å². The molecular weight excluding hydrogens is 382 g/mol. The lowest BCUT2D eigenvalue weighted by Crippen LogP contribution is -2.39. The van der Waals surface area contributed by atoms with Crippen LogP contribution in [0.3, 0.4) is 0 Å². The SMILES string of the molecule is C=C(Nc1cc2cc(-c3cnc(C)n3C)ccc2cn1)C1CCN(CC2(C)CCC2)C1. The van der Waals surface area contributed by atoms with Crippen LogP contribution in [0.25, 0.3) is 22.0 Å². The fourth-order valence-electron chi connectivity index (χ4n) is 5.14. The molecule has 5 rings (SSSR count). The first-order chi connectivity index (χ1) is 14.9. The molecule has 1 N–H and O–H groups in total. The molecule has 3 heterocycles. The Morgan fingerprint density at radius 1 is 1.19 bits per heavy atom. The van der Waals surface area contributed by atoms with Gasteiger partial charge in [0.2, 0.25) is 0 Å². The van der Waals surface area contributed by atoms with E-state index in [1.165, 1.54) is 49.7 Å². The minimum Gasteiger partial charge on any atom is -0.344 e. The first-order valence-corrected chi connectivity index (χ1v) is 11.5. The number of benzene rings is 1. The molecule has 2 fully saturated rings. The van der Waals surface area contributed by atoms with E-state index in [0.29, 0.717) is 11.3 Å². The van der Waals surface area contributed by atoms with Crippen molar-refractivity contribution in [3.63, 3.8) is 0 Å². The maximum absolute atomic E-state index is 4.64. The minimum absolute atomic E-state index is 0.491. The van der Waals surface area contributed by atoms with Crippen LogP contribution in [0.1, 0.15) is 38.4 Å². The number of aromatic nitrogens is 3. The Kier molecular flexibility index (Phi) is 5.09. The molecular formula is C26H33N5. The highest BCUT2D eigenvalue weighted by molar-refractivity contribution is 5.88. The van der Waals surface area contributed by atoms with Crippen LogP contribution < -0.4 is 5.32 Å². The van der Waals surface area contributed by atoms with Crippen LogP contribution in [0, 0.1) is 18.3 Å². The van der Waals surface area contributed by atoms with Crippen molar-refractivity contribution >= 4 is 16.6 Å². The van der Waals surface area contributed by atoms with Gasteiger partial charge in [-0.05, 0) is 55.7 Å². The summed E-state index contributed by atoms with van der Waals surface area (Å²) in [6, 6.07) is 8.63. The predicted octanol–water partition coefficient (Wildman–Crippen LogP) is 5.38. The monoisotopic (exact) mass is 415 g/mol. The molecule has 1 aliphatic carbocycles. The van der Waals surface area contributed by atoms with Gasteiger partial charge in [-0.1, -0.05) is 32.1 Å². The average molecular weight is 416 g/mol. The van der Waals surface area contributed by atoms with E-state index in [2.05, 4.69) is 69.6 Å². The summed E-state index contributed by atoms with van der Waals surface area (Å²) in [6.07, 6.45) is 9.23. The predicted molar refractivity (Wildman–Crippen MR) is 128 cm³/mol. The van der Waals surface area contributed by atoms with Crippen molar-refractivity contribution in [3.05, 3.63) is 54.8 Å². The van der Waals surface area contributed by atoms with E-state index in [4.69, 9.17) is 0 Å². The summed E-state index contributed by atoms with van der Waals surface area (Å²) in [5.41, 5.74) is 3.93. The molecule has 5 nitrogen and oxygen atoms in total. The van der Waals surface area contributed by atoms with E-state index in [9.17, 15) is 0 Å². The summed E-state index contributed by atoms with van der Waals surface area (Å²) in [5, 5.41) is 5.82. The summed E-state index contributed by atoms with van der Waals surface area (Å²) < 4.78 is 2.12. The molecule has 1 unspecified atom stereocenters. The Morgan fingerprint density at radius 3 is 2.74 bits per heavy atom. The summed E-state index contributed by atoms with van der Waals surface area (Å²) in [4.78, 5) is 11.7. The molecule has 1 aliphatic heterocycles. The zero-order chi connectivity index (χ0) is 21.6. The van der Waals surface area contributed by atoms with Crippen molar-refractivity contribution in [2.24, 2.45) is 18.4 Å². The van der Waals surface area contributed by atoms with Gasteiger partial charge < -0.3 is 14.8 Å². The van der Waals surface area contributed by atoms with Crippen molar-refractivity contribution in [1.82, 2.24) is 19.4 Å². The van der Waals surface area contributed by atoms with Gasteiger partial charge >= 0.3 is 0 Å². The zero-order valence-electron chi connectivity index (χ0n) is 19.0. The third-order valence-corrected chi connectivity index (χ3v) is 7.46. The van der Waals surface area contributed by atoms with E-state index < -0.39 is 0 Å². The van der Waals surface area contributed by atoms with Gasteiger partial charge in [-0.2, -0.15) is 0 Å². The molecule has 5 heteroatoms. The number of imidazole rings is 1.